The van der Waals surface area contributed by atoms with Crippen molar-refractivity contribution < 1.29 is 9.59 Å². The highest BCUT2D eigenvalue weighted by atomic mass is 16.2. The Morgan fingerprint density at radius 2 is 2.29 bits per heavy atom. The van der Waals surface area contributed by atoms with Crippen LogP contribution in [0, 0.1) is 0 Å². The third-order valence-corrected chi connectivity index (χ3v) is 2.81. The zero-order valence-corrected chi connectivity index (χ0v) is 9.59. The highest BCUT2D eigenvalue weighted by Gasteiger charge is 2.29. The molecule has 1 aromatic heterocycles. The number of hydrogen-bond donors (Lipinski definition) is 2. The molecule has 0 spiro atoms. The van der Waals surface area contributed by atoms with Crippen molar-refractivity contribution in [2.24, 2.45) is 0 Å². The molecule has 1 aliphatic rings. The van der Waals surface area contributed by atoms with Crippen molar-refractivity contribution in [1.29, 1.82) is 0 Å². The van der Waals surface area contributed by atoms with E-state index < -0.39 is 0 Å². The number of nitrogens with zero attached hydrogens (tertiary/aromatic N) is 3. The quantitative estimate of drug-likeness (QED) is 0.645. The maximum absolute atomic E-state index is 11.4. The fourth-order valence-electron chi connectivity index (χ4n) is 1.77. The molecule has 17 heavy (non-hydrogen) atoms. The average Bonchev–Trinajstić information content (AvgIpc) is 2.67. The lowest BCUT2D eigenvalue weighted by molar-refractivity contribution is -0.139. The van der Waals surface area contributed by atoms with Crippen molar-refractivity contribution >= 4 is 17.5 Å². The Bertz CT molecular complexity index is 442. The predicted octanol–water partition coefficient (Wildman–Crippen LogP) is -1.19. The van der Waals surface area contributed by atoms with E-state index in [1.165, 1.54) is 0 Å². The Balaban J connectivity index is 1.93. The van der Waals surface area contributed by atoms with Crippen molar-refractivity contribution in [3.05, 3.63) is 12.4 Å². The van der Waals surface area contributed by atoms with Crippen LogP contribution < -0.4 is 11.1 Å². The van der Waals surface area contributed by atoms with Crippen LogP contribution in [0.2, 0.25) is 0 Å². The first-order valence-corrected chi connectivity index (χ1v) is 5.42. The molecule has 3 N–H and O–H groups in total. The molecule has 0 saturated carbocycles. The number of rotatable bonds is 3. The summed E-state index contributed by atoms with van der Waals surface area (Å²) in [6.45, 7) is 3.20. The summed E-state index contributed by atoms with van der Waals surface area (Å²) in [5.41, 5.74) is 6.15. The zero-order chi connectivity index (χ0) is 12.4. The van der Waals surface area contributed by atoms with E-state index in [0.717, 1.165) is 0 Å². The Kier molecular flexibility index (Phi) is 3.10. The normalized spacial score (nSPS) is 21.6. The first-order valence-electron chi connectivity index (χ1n) is 5.42. The van der Waals surface area contributed by atoms with E-state index in [1.54, 1.807) is 24.0 Å². The second-order valence-electron chi connectivity index (χ2n) is 4.10. The molecule has 0 radical (unpaired) electrons. The van der Waals surface area contributed by atoms with Gasteiger partial charge in [-0.1, -0.05) is 0 Å². The predicted molar refractivity (Wildman–Crippen MR) is 60.8 cm³/mol. The van der Waals surface area contributed by atoms with Crippen molar-refractivity contribution in [2.75, 3.05) is 18.8 Å². The van der Waals surface area contributed by atoms with Crippen molar-refractivity contribution in [1.82, 2.24) is 20.0 Å². The zero-order valence-electron chi connectivity index (χ0n) is 9.59. The van der Waals surface area contributed by atoms with Crippen LogP contribution in [0.1, 0.15) is 6.92 Å². The number of anilines is 1. The third kappa shape index (κ3) is 2.62. The molecule has 7 nitrogen and oxygen atoms in total. The van der Waals surface area contributed by atoms with Gasteiger partial charge in [0.15, 0.2) is 0 Å². The first-order chi connectivity index (χ1) is 8.06. The van der Waals surface area contributed by atoms with E-state index in [-0.39, 0.29) is 24.4 Å². The summed E-state index contributed by atoms with van der Waals surface area (Å²) in [6.07, 6.45) is 3.29. The number of hydrogen-bond acceptors (Lipinski definition) is 5. The third-order valence-electron chi connectivity index (χ3n) is 2.81. The van der Waals surface area contributed by atoms with E-state index in [4.69, 9.17) is 5.73 Å². The number of carbonyl (C=O) groups is 2. The van der Waals surface area contributed by atoms with Crippen LogP contribution in [0.5, 0.6) is 0 Å². The maximum atomic E-state index is 11.4. The lowest BCUT2D eigenvalue weighted by Gasteiger charge is -2.31. The Labute approximate surface area is 98.6 Å². The van der Waals surface area contributed by atoms with Gasteiger partial charge in [-0.15, -0.1) is 0 Å². The summed E-state index contributed by atoms with van der Waals surface area (Å²) < 4.78 is 1.69. The van der Waals surface area contributed by atoms with E-state index in [0.29, 0.717) is 18.8 Å². The van der Waals surface area contributed by atoms with Crippen LogP contribution in [0.4, 0.5) is 5.69 Å². The molecule has 1 aliphatic heterocycles. The summed E-state index contributed by atoms with van der Waals surface area (Å²) in [5.74, 6) is -0.505. The molecule has 92 valence electrons. The van der Waals surface area contributed by atoms with Crippen LogP contribution in [0.15, 0.2) is 12.4 Å². The highest BCUT2D eigenvalue weighted by Crippen LogP contribution is 2.05. The Morgan fingerprint density at radius 3 is 2.94 bits per heavy atom. The lowest BCUT2D eigenvalue weighted by atomic mass is 10.2. The molecule has 7 heteroatoms. The largest absolute Gasteiger partial charge is 0.396 e. The summed E-state index contributed by atoms with van der Waals surface area (Å²) in [4.78, 5) is 24.5. The minimum Gasteiger partial charge on any atom is -0.396 e. The number of nitrogens with one attached hydrogen (secondary N) is 1. The molecule has 2 rings (SSSR count). The van der Waals surface area contributed by atoms with Gasteiger partial charge in [0.25, 0.3) is 0 Å². The van der Waals surface area contributed by atoms with Gasteiger partial charge in [0.2, 0.25) is 11.8 Å². The van der Waals surface area contributed by atoms with Crippen molar-refractivity contribution in [3.63, 3.8) is 0 Å². The summed E-state index contributed by atoms with van der Waals surface area (Å²) in [5, 5.41) is 6.34. The van der Waals surface area contributed by atoms with Gasteiger partial charge >= 0.3 is 0 Å². The van der Waals surface area contributed by atoms with Gasteiger partial charge in [-0.2, -0.15) is 5.10 Å². The molecule has 0 aromatic carbocycles. The van der Waals surface area contributed by atoms with Gasteiger partial charge in [0, 0.05) is 12.7 Å². The summed E-state index contributed by atoms with van der Waals surface area (Å²) in [6, 6.07) is -0.291. The molecular weight excluding hydrogens is 222 g/mol. The smallest absolute Gasteiger partial charge is 0.243 e. The highest BCUT2D eigenvalue weighted by molar-refractivity contribution is 6.00. The van der Waals surface area contributed by atoms with Crippen molar-refractivity contribution in [3.8, 4) is 0 Å². The van der Waals surface area contributed by atoms with E-state index >= 15 is 0 Å². The molecule has 1 saturated heterocycles. The van der Waals surface area contributed by atoms with Crippen molar-refractivity contribution in [2.45, 2.75) is 19.5 Å². The number of nitrogens with two attached hydrogens (primary N) is 1. The van der Waals surface area contributed by atoms with Gasteiger partial charge in [0.1, 0.15) is 0 Å². The van der Waals surface area contributed by atoms with Gasteiger partial charge in [-0.25, -0.2) is 0 Å². The fraction of sp³-hybridized carbons (Fsp3) is 0.500. The van der Waals surface area contributed by atoms with Crippen LogP contribution in [0.25, 0.3) is 0 Å². The number of piperazine rings is 1. The number of amides is 2. The molecule has 1 unspecified atom stereocenters. The molecule has 2 heterocycles. The summed E-state index contributed by atoms with van der Waals surface area (Å²) in [7, 11) is 0. The maximum Gasteiger partial charge on any atom is 0.243 e. The number of carbonyl (C=O) groups excluding carboxylic acids is 2. The minimum atomic E-state index is -0.291. The molecule has 1 fully saturated rings. The molecule has 0 bridgehead atoms. The molecule has 0 aliphatic carbocycles. The Hall–Kier alpha value is -1.89. The fourth-order valence-corrected chi connectivity index (χ4v) is 1.77. The van der Waals surface area contributed by atoms with E-state index in [1.807, 2.05) is 4.90 Å². The van der Waals surface area contributed by atoms with E-state index in [2.05, 4.69) is 10.4 Å². The topological polar surface area (TPSA) is 93.2 Å². The molecular formula is C10H15N5O2. The number of imide groups is 1. The number of nitrogen functional groups attached to an aromatic ring is 1. The second-order valence-corrected chi connectivity index (χ2v) is 4.10. The number of aromatic nitrogens is 2. The molecule has 1 aromatic rings. The second kappa shape index (κ2) is 4.54. The first kappa shape index (κ1) is 11.6. The van der Waals surface area contributed by atoms with Crippen LogP contribution in [-0.2, 0) is 16.1 Å². The van der Waals surface area contributed by atoms with Gasteiger partial charge < -0.3 is 5.73 Å². The molecule has 1 atom stereocenters. The lowest BCUT2D eigenvalue weighted by Crippen LogP contribution is -2.57. The van der Waals surface area contributed by atoms with Crippen LogP contribution in [-0.4, -0.2) is 45.6 Å². The SMILES string of the molecule is CC1C(=O)NC(=O)CN1CCn1cc(N)cn1. The minimum absolute atomic E-state index is 0.240. The standard InChI is InChI=1S/C10H15N5O2/c1-7-10(17)13-9(16)6-14(7)2-3-15-5-8(11)4-12-15/h4-5,7H,2-3,6,11H2,1H3,(H,13,16,17). The van der Waals surface area contributed by atoms with Gasteiger partial charge in [0.05, 0.1) is 31.0 Å². The van der Waals surface area contributed by atoms with Gasteiger partial charge in [-0.3, -0.25) is 24.5 Å². The Morgan fingerprint density at radius 1 is 1.53 bits per heavy atom. The summed E-state index contributed by atoms with van der Waals surface area (Å²) >= 11 is 0. The monoisotopic (exact) mass is 237 g/mol. The molecule has 2 amide bonds. The van der Waals surface area contributed by atoms with E-state index in [9.17, 15) is 9.59 Å². The van der Waals surface area contributed by atoms with Gasteiger partial charge in [-0.05, 0) is 6.92 Å². The van der Waals surface area contributed by atoms with Crippen LogP contribution >= 0.6 is 0 Å². The van der Waals surface area contributed by atoms with Crippen LogP contribution in [0.3, 0.4) is 0 Å². The average molecular weight is 237 g/mol.